The van der Waals surface area contributed by atoms with Gasteiger partial charge in [0.2, 0.25) is 0 Å². The summed E-state index contributed by atoms with van der Waals surface area (Å²) in [5.41, 5.74) is 2.95. The lowest BCUT2D eigenvalue weighted by molar-refractivity contribution is -0.132. The van der Waals surface area contributed by atoms with Crippen molar-refractivity contribution in [3.63, 3.8) is 0 Å². The lowest BCUT2D eigenvalue weighted by Gasteiger charge is -2.14. The molecule has 28 heavy (non-hydrogen) atoms. The topological polar surface area (TPSA) is 66.8 Å². The Hall–Kier alpha value is -3.27. The Kier molecular flexibility index (Phi) is 5.99. The van der Waals surface area contributed by atoms with E-state index in [0.29, 0.717) is 12.2 Å². The second-order valence-corrected chi connectivity index (χ2v) is 6.74. The fourth-order valence-corrected chi connectivity index (χ4v) is 3.48. The molecule has 0 bridgehead atoms. The number of hydrogen-bond donors (Lipinski definition) is 2. The molecule has 0 aliphatic rings. The molecule has 0 aliphatic heterocycles. The number of hydrogen-bond acceptors (Lipinski definition) is 3. The molecule has 0 saturated carbocycles. The zero-order valence-corrected chi connectivity index (χ0v) is 16.1. The van der Waals surface area contributed by atoms with Crippen molar-refractivity contribution < 1.29 is 19.7 Å². The Morgan fingerprint density at radius 1 is 1.11 bits per heavy atom. The number of aryl methyl sites for hydroxylation is 1. The SMILES string of the molecule is CCCc1cccc2c(/C=C(/Cc3ccccc3)C(=O)O)cc(OC)c(O)c12. The minimum atomic E-state index is -0.964. The summed E-state index contributed by atoms with van der Waals surface area (Å²) in [5.74, 6) is -0.529. The molecule has 3 aromatic carbocycles. The average molecular weight is 376 g/mol. The van der Waals surface area contributed by atoms with Crippen LogP contribution in [0.1, 0.15) is 30.0 Å². The van der Waals surface area contributed by atoms with E-state index in [1.807, 2.05) is 48.5 Å². The molecule has 0 unspecified atom stereocenters. The van der Waals surface area contributed by atoms with Crippen LogP contribution < -0.4 is 4.74 Å². The van der Waals surface area contributed by atoms with E-state index in [2.05, 4.69) is 6.92 Å². The van der Waals surface area contributed by atoms with Gasteiger partial charge in [0, 0.05) is 17.4 Å². The number of benzene rings is 3. The van der Waals surface area contributed by atoms with Crippen LogP contribution in [0.3, 0.4) is 0 Å². The van der Waals surface area contributed by atoms with Gasteiger partial charge in [0.15, 0.2) is 11.5 Å². The summed E-state index contributed by atoms with van der Waals surface area (Å²) in [6.07, 6.45) is 3.75. The molecule has 0 fully saturated rings. The van der Waals surface area contributed by atoms with Crippen LogP contribution in [0.5, 0.6) is 11.5 Å². The van der Waals surface area contributed by atoms with E-state index in [1.54, 1.807) is 12.1 Å². The molecular formula is C24H24O4. The van der Waals surface area contributed by atoms with Crippen molar-refractivity contribution in [2.75, 3.05) is 7.11 Å². The molecule has 3 aromatic rings. The van der Waals surface area contributed by atoms with E-state index < -0.39 is 5.97 Å². The van der Waals surface area contributed by atoms with Gasteiger partial charge < -0.3 is 14.9 Å². The summed E-state index contributed by atoms with van der Waals surface area (Å²) in [6, 6.07) is 17.0. The van der Waals surface area contributed by atoms with Gasteiger partial charge in [0.05, 0.1) is 7.11 Å². The van der Waals surface area contributed by atoms with Crippen LogP contribution in [0.2, 0.25) is 0 Å². The number of fused-ring (bicyclic) bond motifs is 1. The number of carboxylic acids is 1. The van der Waals surface area contributed by atoms with Gasteiger partial charge in [0.1, 0.15) is 0 Å². The number of phenols is 1. The fourth-order valence-electron chi connectivity index (χ4n) is 3.48. The van der Waals surface area contributed by atoms with Crippen molar-refractivity contribution >= 4 is 22.8 Å². The van der Waals surface area contributed by atoms with Crippen LogP contribution in [0.4, 0.5) is 0 Å². The zero-order chi connectivity index (χ0) is 20.1. The predicted molar refractivity (Wildman–Crippen MR) is 112 cm³/mol. The van der Waals surface area contributed by atoms with Gasteiger partial charge in [-0.2, -0.15) is 0 Å². The lowest BCUT2D eigenvalue weighted by atomic mass is 9.94. The number of rotatable bonds is 7. The molecule has 0 atom stereocenters. The first-order valence-electron chi connectivity index (χ1n) is 9.34. The van der Waals surface area contributed by atoms with Gasteiger partial charge in [0.25, 0.3) is 0 Å². The third-order valence-corrected chi connectivity index (χ3v) is 4.80. The molecule has 2 N–H and O–H groups in total. The van der Waals surface area contributed by atoms with Crippen molar-refractivity contribution in [2.24, 2.45) is 0 Å². The highest BCUT2D eigenvalue weighted by Gasteiger charge is 2.16. The summed E-state index contributed by atoms with van der Waals surface area (Å²) >= 11 is 0. The first kappa shape index (κ1) is 19.5. The second kappa shape index (κ2) is 8.61. The first-order valence-corrected chi connectivity index (χ1v) is 9.34. The molecule has 4 heteroatoms. The summed E-state index contributed by atoms with van der Waals surface area (Å²) in [4.78, 5) is 11.9. The standard InChI is InChI=1S/C24H24O4/c1-3-8-17-11-7-12-20-18(15-21(28-2)23(25)22(17)20)14-19(24(26)27)13-16-9-5-4-6-10-16/h4-7,9-12,14-15,25H,3,8,13H2,1-2H3,(H,26,27)/b19-14-. The third-order valence-electron chi connectivity index (χ3n) is 4.80. The highest BCUT2D eigenvalue weighted by Crippen LogP contribution is 2.40. The number of aliphatic carboxylic acids is 1. The molecule has 0 amide bonds. The summed E-state index contributed by atoms with van der Waals surface area (Å²) < 4.78 is 5.36. The molecule has 0 aliphatic carbocycles. The van der Waals surface area contributed by atoms with Crippen LogP contribution >= 0.6 is 0 Å². The number of phenolic OH excluding ortho intramolecular Hbond substituents is 1. The van der Waals surface area contributed by atoms with Gasteiger partial charge in [-0.15, -0.1) is 0 Å². The monoisotopic (exact) mass is 376 g/mol. The highest BCUT2D eigenvalue weighted by molar-refractivity contribution is 6.02. The molecule has 0 saturated heterocycles. The van der Waals surface area contributed by atoms with Crippen LogP contribution in [-0.2, 0) is 17.6 Å². The van der Waals surface area contributed by atoms with E-state index in [1.165, 1.54) is 7.11 Å². The van der Waals surface area contributed by atoms with Crippen LogP contribution in [-0.4, -0.2) is 23.3 Å². The average Bonchev–Trinajstić information content (AvgIpc) is 2.70. The van der Waals surface area contributed by atoms with Crippen molar-refractivity contribution in [2.45, 2.75) is 26.2 Å². The van der Waals surface area contributed by atoms with Crippen molar-refractivity contribution in [1.82, 2.24) is 0 Å². The minimum Gasteiger partial charge on any atom is -0.504 e. The summed E-state index contributed by atoms with van der Waals surface area (Å²) in [5, 5.41) is 22.0. The second-order valence-electron chi connectivity index (χ2n) is 6.74. The third kappa shape index (κ3) is 4.01. The van der Waals surface area contributed by atoms with Crippen molar-refractivity contribution in [3.05, 3.63) is 76.9 Å². The lowest BCUT2D eigenvalue weighted by Crippen LogP contribution is -2.04. The number of carboxylic acid groups (broad SMARTS) is 1. The Balaban J connectivity index is 2.20. The van der Waals surface area contributed by atoms with Gasteiger partial charge in [-0.05, 0) is 40.6 Å². The maximum Gasteiger partial charge on any atom is 0.331 e. The Morgan fingerprint density at radius 3 is 2.50 bits per heavy atom. The number of ether oxygens (including phenoxy) is 1. The van der Waals surface area contributed by atoms with E-state index in [0.717, 1.165) is 40.3 Å². The number of carbonyl (C=O) groups is 1. The fraction of sp³-hybridized carbons (Fsp3) is 0.208. The van der Waals surface area contributed by atoms with Gasteiger partial charge in [-0.3, -0.25) is 0 Å². The number of methoxy groups -OCH3 is 1. The summed E-state index contributed by atoms with van der Waals surface area (Å²) in [6.45, 7) is 2.08. The zero-order valence-electron chi connectivity index (χ0n) is 16.1. The molecule has 0 heterocycles. The molecule has 0 aromatic heterocycles. The maximum atomic E-state index is 11.9. The molecule has 0 radical (unpaired) electrons. The van der Waals surface area contributed by atoms with E-state index in [-0.39, 0.29) is 11.3 Å². The van der Waals surface area contributed by atoms with Gasteiger partial charge in [-0.1, -0.05) is 61.9 Å². The van der Waals surface area contributed by atoms with Crippen LogP contribution in [0, 0.1) is 0 Å². The molecule has 3 rings (SSSR count). The molecule has 0 spiro atoms. The molecular weight excluding hydrogens is 352 g/mol. The summed E-state index contributed by atoms with van der Waals surface area (Å²) in [7, 11) is 1.50. The predicted octanol–water partition coefficient (Wildman–Crippen LogP) is 5.22. The van der Waals surface area contributed by atoms with Crippen molar-refractivity contribution in [1.29, 1.82) is 0 Å². The Labute approximate surface area is 164 Å². The Morgan fingerprint density at radius 2 is 1.86 bits per heavy atom. The quantitative estimate of drug-likeness (QED) is 0.555. The van der Waals surface area contributed by atoms with Crippen LogP contribution in [0.25, 0.3) is 16.8 Å². The maximum absolute atomic E-state index is 11.9. The largest absolute Gasteiger partial charge is 0.504 e. The molecule has 4 nitrogen and oxygen atoms in total. The Bertz CT molecular complexity index is 1020. The van der Waals surface area contributed by atoms with E-state index in [9.17, 15) is 15.0 Å². The number of aromatic hydroxyl groups is 1. The first-order chi connectivity index (χ1) is 13.5. The van der Waals surface area contributed by atoms with Crippen LogP contribution in [0.15, 0.2) is 60.2 Å². The smallest absolute Gasteiger partial charge is 0.331 e. The molecule has 144 valence electrons. The van der Waals surface area contributed by atoms with Gasteiger partial charge in [-0.25, -0.2) is 4.79 Å². The normalized spacial score (nSPS) is 11.6. The van der Waals surface area contributed by atoms with E-state index >= 15 is 0 Å². The highest BCUT2D eigenvalue weighted by atomic mass is 16.5. The minimum absolute atomic E-state index is 0.0960. The van der Waals surface area contributed by atoms with Crippen molar-refractivity contribution in [3.8, 4) is 11.5 Å². The van der Waals surface area contributed by atoms with Gasteiger partial charge >= 0.3 is 5.97 Å². The van der Waals surface area contributed by atoms with E-state index in [4.69, 9.17) is 4.74 Å².